The second-order valence-electron chi connectivity index (χ2n) is 13.4. The molecule has 1 aliphatic rings. The summed E-state index contributed by atoms with van der Waals surface area (Å²) in [5, 5.41) is 11.4. The lowest BCUT2D eigenvalue weighted by Gasteiger charge is -2.30. The molecule has 1 fully saturated rings. The van der Waals surface area contributed by atoms with E-state index in [2.05, 4.69) is 21.3 Å². The van der Waals surface area contributed by atoms with Gasteiger partial charge in [0.1, 0.15) is 11.8 Å². The highest BCUT2D eigenvalue weighted by Crippen LogP contribution is 2.32. The molecule has 17 heteroatoms. The van der Waals surface area contributed by atoms with E-state index in [-0.39, 0.29) is 6.42 Å². The lowest BCUT2D eigenvalue weighted by molar-refractivity contribution is -0.143. The summed E-state index contributed by atoms with van der Waals surface area (Å²) in [5.74, 6) is -6.67. The van der Waals surface area contributed by atoms with Gasteiger partial charge in [0, 0.05) is 29.2 Å². The van der Waals surface area contributed by atoms with Crippen LogP contribution >= 0.6 is 0 Å². The van der Waals surface area contributed by atoms with Gasteiger partial charge in [-0.2, -0.15) is 0 Å². The Hall–Kier alpha value is -5.46. The van der Waals surface area contributed by atoms with Gasteiger partial charge in [0.15, 0.2) is 5.58 Å². The highest BCUT2D eigenvalue weighted by Gasteiger charge is 2.38. The monoisotopic (exact) mass is 730 g/mol. The third-order valence-corrected chi connectivity index (χ3v) is 9.13. The van der Waals surface area contributed by atoms with Crippen LogP contribution in [0.4, 0.5) is 0 Å². The second-order valence-corrected chi connectivity index (χ2v) is 13.4. The molecule has 1 aliphatic heterocycles. The first-order valence-corrected chi connectivity index (χ1v) is 17.1. The van der Waals surface area contributed by atoms with E-state index in [9.17, 15) is 38.7 Å². The molecule has 5 rings (SSSR count). The van der Waals surface area contributed by atoms with E-state index >= 15 is 0 Å². The van der Waals surface area contributed by atoms with Crippen LogP contribution in [0.1, 0.15) is 45.1 Å². The predicted octanol–water partition coefficient (Wildman–Crippen LogP) is 0.496. The molecule has 5 atom stereocenters. The lowest BCUT2D eigenvalue weighted by Crippen LogP contribution is -2.60. The standard InChI is InChI=1S/C36H42N8O9/c1-18(2)30(43-44-12-6-9-21(44)17-45)35(52)34(51)25(15-27(38)46)42-41-24(33(50)32(49)22(37)14-28(47)48)13-20-16-39-23-10-11-26-31(29(20)23)40-36(53-26)19-7-4-3-5-8-19/h3-5,7-8,10-11,16-18,21-22,24-25,30,39,41-43H,6,9,12-15,37H2,1-2H3,(H2,38,46)(H,47,48)/t21-,22-,24?,25-,30-/m0/s1. The zero-order chi connectivity index (χ0) is 38.4. The normalized spacial score (nSPS) is 17.1. The van der Waals surface area contributed by atoms with Crippen LogP contribution in [0.25, 0.3) is 33.5 Å². The van der Waals surface area contributed by atoms with Crippen molar-refractivity contribution in [2.45, 2.75) is 76.2 Å². The molecule has 1 unspecified atom stereocenters. The van der Waals surface area contributed by atoms with E-state index in [0.717, 1.165) is 11.8 Å². The number of hydrogen-bond donors (Lipinski definition) is 7. The van der Waals surface area contributed by atoms with Crippen molar-refractivity contribution < 1.29 is 43.1 Å². The summed E-state index contributed by atoms with van der Waals surface area (Å²) in [6, 6.07) is 6.37. The number of aldehydes is 1. The highest BCUT2D eigenvalue weighted by molar-refractivity contribution is 6.42. The van der Waals surface area contributed by atoms with Gasteiger partial charge in [-0.15, -0.1) is 0 Å². The molecule has 280 valence electrons. The molecule has 0 aliphatic carbocycles. The number of carbonyl (C=O) groups excluding carboxylic acids is 6. The van der Waals surface area contributed by atoms with Crippen LogP contribution in [-0.4, -0.2) is 98.1 Å². The molecule has 1 saturated heterocycles. The number of amides is 1. The third kappa shape index (κ3) is 8.95. The summed E-state index contributed by atoms with van der Waals surface area (Å²) in [5.41, 5.74) is 22.2. The lowest BCUT2D eigenvalue weighted by atomic mass is 9.93. The number of aliphatic carboxylic acids is 1. The SMILES string of the molecule is CC(C)[C@H](NN1CCC[C@H]1C=O)C(=O)C(=O)[C@H](CC(N)=O)NNC(Cc1c[nH]c2ccc3oc(-c4ccccc4)nc3c12)C(=O)C(=O)[C@@H](N)CC(=O)O. The third-order valence-electron chi connectivity index (χ3n) is 9.13. The predicted molar refractivity (Wildman–Crippen MR) is 190 cm³/mol. The highest BCUT2D eigenvalue weighted by atomic mass is 16.4. The Labute approximate surface area is 303 Å². The number of carboxylic acids is 1. The molecule has 0 spiro atoms. The van der Waals surface area contributed by atoms with Crippen molar-refractivity contribution in [2.75, 3.05) is 6.54 Å². The number of nitrogens with two attached hydrogens (primary N) is 2. The Balaban J connectivity index is 1.45. The number of nitrogens with one attached hydrogen (secondary N) is 4. The van der Waals surface area contributed by atoms with Crippen LogP contribution in [0.5, 0.6) is 0 Å². The smallest absolute Gasteiger partial charge is 0.305 e. The molecule has 9 N–H and O–H groups in total. The second kappa shape index (κ2) is 16.9. The van der Waals surface area contributed by atoms with Crippen LogP contribution in [0.15, 0.2) is 53.1 Å². The first-order valence-electron chi connectivity index (χ1n) is 17.1. The summed E-state index contributed by atoms with van der Waals surface area (Å²) in [6.07, 6.45) is 1.94. The Kier molecular flexibility index (Phi) is 12.4. The summed E-state index contributed by atoms with van der Waals surface area (Å²) in [4.78, 5) is 97.0. The van der Waals surface area contributed by atoms with Gasteiger partial charge in [-0.3, -0.25) is 28.8 Å². The number of hydrogen-bond acceptors (Lipinski definition) is 14. The van der Waals surface area contributed by atoms with Gasteiger partial charge in [0.05, 0.1) is 43.1 Å². The molecule has 17 nitrogen and oxygen atoms in total. The molecule has 0 bridgehead atoms. The molecule has 3 heterocycles. The maximum atomic E-state index is 13.7. The van der Waals surface area contributed by atoms with E-state index in [1.54, 1.807) is 37.2 Å². The largest absolute Gasteiger partial charge is 0.481 e. The minimum Gasteiger partial charge on any atom is -0.481 e. The Morgan fingerprint density at radius 2 is 1.70 bits per heavy atom. The number of nitrogens with zero attached hydrogens (tertiary/aromatic N) is 2. The minimum atomic E-state index is -1.67. The van der Waals surface area contributed by atoms with E-state index in [1.165, 1.54) is 0 Å². The number of Topliss-reactive ketones (excluding diaryl/α,β-unsaturated/α-hetero) is 4. The number of carbonyl (C=O) groups is 7. The summed E-state index contributed by atoms with van der Waals surface area (Å²) < 4.78 is 6.02. The van der Waals surface area contributed by atoms with Crippen LogP contribution in [0.3, 0.4) is 0 Å². The van der Waals surface area contributed by atoms with Crippen molar-refractivity contribution in [1.29, 1.82) is 0 Å². The average molecular weight is 731 g/mol. The molecule has 4 aromatic rings. The van der Waals surface area contributed by atoms with Gasteiger partial charge in [-0.1, -0.05) is 32.0 Å². The summed E-state index contributed by atoms with van der Waals surface area (Å²) >= 11 is 0. The van der Waals surface area contributed by atoms with E-state index < -0.39 is 84.0 Å². The minimum absolute atomic E-state index is 0.229. The van der Waals surface area contributed by atoms with Crippen LogP contribution in [0.2, 0.25) is 0 Å². The molecular weight excluding hydrogens is 688 g/mol. The van der Waals surface area contributed by atoms with E-state index in [1.807, 2.05) is 30.3 Å². The van der Waals surface area contributed by atoms with Gasteiger partial charge in [-0.05, 0) is 55.0 Å². The van der Waals surface area contributed by atoms with Gasteiger partial charge in [0.2, 0.25) is 34.9 Å². The van der Waals surface area contributed by atoms with Gasteiger partial charge >= 0.3 is 5.97 Å². The van der Waals surface area contributed by atoms with Gasteiger partial charge in [-0.25, -0.2) is 26.3 Å². The van der Waals surface area contributed by atoms with Crippen LogP contribution in [-0.2, 0) is 40.0 Å². The summed E-state index contributed by atoms with van der Waals surface area (Å²) in [6.45, 7) is 3.89. The molecule has 2 aromatic carbocycles. The van der Waals surface area contributed by atoms with Gasteiger partial charge < -0.3 is 30.8 Å². The average Bonchev–Trinajstić information content (AvgIpc) is 3.88. The quantitative estimate of drug-likeness (QED) is 0.0370. The van der Waals surface area contributed by atoms with Crippen molar-refractivity contribution in [3.8, 4) is 11.5 Å². The number of oxazole rings is 1. The molecule has 0 radical (unpaired) electrons. The molecule has 0 saturated carbocycles. The number of H-pyrrole nitrogens is 1. The van der Waals surface area contributed by atoms with Crippen molar-refractivity contribution in [3.05, 3.63) is 54.2 Å². The fourth-order valence-electron chi connectivity index (χ4n) is 6.33. The van der Waals surface area contributed by atoms with E-state index in [0.29, 0.717) is 52.8 Å². The fourth-order valence-corrected chi connectivity index (χ4v) is 6.33. The number of hydrazine groups is 2. The number of ketones is 4. The molecular formula is C36H42N8O9. The zero-order valence-electron chi connectivity index (χ0n) is 29.2. The number of primary amides is 1. The topological polar surface area (TPSA) is 273 Å². The number of aromatic nitrogens is 2. The summed E-state index contributed by atoms with van der Waals surface area (Å²) in [7, 11) is 0. The molecule has 2 aromatic heterocycles. The maximum Gasteiger partial charge on any atom is 0.305 e. The van der Waals surface area contributed by atoms with Crippen molar-refractivity contribution in [3.63, 3.8) is 0 Å². The van der Waals surface area contributed by atoms with Crippen LogP contribution in [0, 0.1) is 5.92 Å². The van der Waals surface area contributed by atoms with Gasteiger partial charge in [0.25, 0.3) is 0 Å². The van der Waals surface area contributed by atoms with Crippen molar-refractivity contribution in [1.82, 2.24) is 31.3 Å². The molecule has 1 amide bonds. The fraction of sp³-hybridized carbons (Fsp3) is 0.389. The number of rotatable bonds is 20. The maximum absolute atomic E-state index is 13.7. The number of fused-ring (bicyclic) bond motifs is 3. The number of aromatic amines is 1. The van der Waals surface area contributed by atoms with Crippen LogP contribution < -0.4 is 27.7 Å². The van der Waals surface area contributed by atoms with Crippen molar-refractivity contribution >= 4 is 63.3 Å². The number of carboxylic acid groups (broad SMARTS) is 1. The first-order chi connectivity index (χ1) is 25.3. The zero-order valence-corrected chi connectivity index (χ0v) is 29.2. The molecule has 53 heavy (non-hydrogen) atoms. The number of benzene rings is 2. The van der Waals surface area contributed by atoms with E-state index in [4.69, 9.17) is 20.9 Å². The Morgan fingerprint density at radius 3 is 2.36 bits per heavy atom. The first kappa shape index (κ1) is 38.8. The Bertz CT molecular complexity index is 2020. The van der Waals surface area contributed by atoms with Crippen molar-refractivity contribution in [2.24, 2.45) is 17.4 Å². The Morgan fingerprint density at radius 1 is 1.00 bits per heavy atom.